The van der Waals surface area contributed by atoms with Crippen LogP contribution in [0.5, 0.6) is 0 Å². The van der Waals surface area contributed by atoms with E-state index in [1.807, 2.05) is 7.05 Å². The normalized spacial score (nSPS) is 23.2. The molecule has 18 heavy (non-hydrogen) atoms. The first-order valence-electron chi connectivity index (χ1n) is 7.74. The summed E-state index contributed by atoms with van der Waals surface area (Å²) < 4.78 is 5.87. The zero-order valence-corrected chi connectivity index (χ0v) is 12.6. The van der Waals surface area contributed by atoms with Gasteiger partial charge in [-0.15, -0.1) is 0 Å². The third-order valence-corrected chi connectivity index (χ3v) is 3.94. The van der Waals surface area contributed by atoms with Gasteiger partial charge in [-0.1, -0.05) is 33.1 Å². The van der Waals surface area contributed by atoms with Crippen molar-refractivity contribution in [1.29, 1.82) is 0 Å². The van der Waals surface area contributed by atoms with Crippen molar-refractivity contribution in [3.8, 4) is 0 Å². The van der Waals surface area contributed by atoms with Gasteiger partial charge in [0.1, 0.15) is 0 Å². The van der Waals surface area contributed by atoms with Crippen molar-refractivity contribution in [2.24, 2.45) is 5.92 Å². The minimum Gasteiger partial charge on any atom is -0.376 e. The summed E-state index contributed by atoms with van der Waals surface area (Å²) in [5.41, 5.74) is 0. The topological polar surface area (TPSA) is 24.5 Å². The maximum absolute atomic E-state index is 5.87. The van der Waals surface area contributed by atoms with E-state index >= 15 is 0 Å². The van der Waals surface area contributed by atoms with Crippen LogP contribution in [0.15, 0.2) is 0 Å². The Kier molecular flexibility index (Phi) is 8.64. The summed E-state index contributed by atoms with van der Waals surface area (Å²) in [6.45, 7) is 10.2. The van der Waals surface area contributed by atoms with Gasteiger partial charge < -0.3 is 10.1 Å². The van der Waals surface area contributed by atoms with Crippen molar-refractivity contribution in [3.05, 3.63) is 0 Å². The molecule has 110 valence electrons. The second-order valence-corrected chi connectivity index (χ2v) is 5.72. The van der Waals surface area contributed by atoms with Gasteiger partial charge in [0.05, 0.1) is 12.7 Å². The summed E-state index contributed by atoms with van der Waals surface area (Å²) in [6, 6.07) is 0. The van der Waals surface area contributed by atoms with E-state index in [9.17, 15) is 0 Å². The monoisotopic (exact) mass is 258 g/mol. The van der Waals surface area contributed by atoms with Crippen LogP contribution in [0.25, 0.3) is 0 Å². The lowest BCUT2D eigenvalue weighted by atomic mass is 10.1. The predicted molar refractivity (Wildman–Crippen MR) is 80.1 cm³/mol. The molecule has 1 saturated heterocycles. The average molecular weight is 258 g/mol. The standard InChI is InChI=1S/C15H32N2O.H2/c1-4-14(2)12-17-10-11-18-15(13-17)8-6-5-7-9-16-3;/h14-16H,4-13H2,1-3H3;1H/t14?,15-;/m1./s1. The van der Waals surface area contributed by atoms with Crippen LogP contribution in [0.1, 0.15) is 47.4 Å². The van der Waals surface area contributed by atoms with E-state index in [-0.39, 0.29) is 1.43 Å². The van der Waals surface area contributed by atoms with E-state index in [1.165, 1.54) is 38.6 Å². The van der Waals surface area contributed by atoms with Crippen LogP contribution >= 0.6 is 0 Å². The molecule has 1 fully saturated rings. The van der Waals surface area contributed by atoms with Gasteiger partial charge in [-0.25, -0.2) is 0 Å². The second-order valence-electron chi connectivity index (χ2n) is 5.72. The van der Waals surface area contributed by atoms with E-state index in [0.717, 1.165) is 32.2 Å². The number of unbranched alkanes of at least 4 members (excludes halogenated alkanes) is 2. The van der Waals surface area contributed by atoms with Gasteiger partial charge in [0.15, 0.2) is 0 Å². The smallest absolute Gasteiger partial charge is 0.0702 e. The fourth-order valence-corrected chi connectivity index (χ4v) is 2.54. The van der Waals surface area contributed by atoms with E-state index in [4.69, 9.17) is 4.74 Å². The minimum atomic E-state index is 0. The first-order valence-corrected chi connectivity index (χ1v) is 7.74. The predicted octanol–water partition coefficient (Wildman–Crippen LogP) is 2.76. The van der Waals surface area contributed by atoms with Gasteiger partial charge in [-0.05, 0) is 32.4 Å². The van der Waals surface area contributed by atoms with Crippen LogP contribution in [0.2, 0.25) is 0 Å². The Morgan fingerprint density at radius 1 is 1.39 bits per heavy atom. The molecule has 0 radical (unpaired) electrons. The van der Waals surface area contributed by atoms with Crippen molar-refractivity contribution in [3.63, 3.8) is 0 Å². The van der Waals surface area contributed by atoms with Crippen LogP contribution in [0.4, 0.5) is 0 Å². The largest absolute Gasteiger partial charge is 0.376 e. The Hall–Kier alpha value is -0.120. The molecule has 0 saturated carbocycles. The van der Waals surface area contributed by atoms with Crippen molar-refractivity contribution in [2.75, 3.05) is 39.8 Å². The number of nitrogens with zero attached hydrogens (tertiary/aromatic N) is 1. The van der Waals surface area contributed by atoms with Crippen molar-refractivity contribution < 1.29 is 6.16 Å². The molecule has 2 atom stereocenters. The highest BCUT2D eigenvalue weighted by Gasteiger charge is 2.20. The fraction of sp³-hybridized carbons (Fsp3) is 1.00. The lowest BCUT2D eigenvalue weighted by molar-refractivity contribution is -0.0367. The van der Waals surface area contributed by atoms with Gasteiger partial charge in [-0.3, -0.25) is 4.90 Å². The summed E-state index contributed by atoms with van der Waals surface area (Å²) in [6.07, 6.45) is 6.93. The summed E-state index contributed by atoms with van der Waals surface area (Å²) >= 11 is 0. The maximum Gasteiger partial charge on any atom is 0.0702 e. The molecule has 0 aromatic rings. The Balaban J connectivity index is 0.00000324. The third-order valence-electron chi connectivity index (χ3n) is 3.94. The highest BCUT2D eigenvalue weighted by atomic mass is 16.5. The fourth-order valence-electron chi connectivity index (χ4n) is 2.54. The van der Waals surface area contributed by atoms with E-state index in [0.29, 0.717) is 6.10 Å². The van der Waals surface area contributed by atoms with Crippen LogP contribution in [-0.2, 0) is 4.74 Å². The Morgan fingerprint density at radius 3 is 2.94 bits per heavy atom. The van der Waals surface area contributed by atoms with E-state index < -0.39 is 0 Å². The van der Waals surface area contributed by atoms with Gasteiger partial charge in [-0.2, -0.15) is 0 Å². The zero-order chi connectivity index (χ0) is 13.2. The molecular formula is C15H34N2O. The lowest BCUT2D eigenvalue weighted by Gasteiger charge is -2.34. The summed E-state index contributed by atoms with van der Waals surface area (Å²) in [5, 5.41) is 3.20. The van der Waals surface area contributed by atoms with Gasteiger partial charge >= 0.3 is 0 Å². The SMILES string of the molecule is CCC(C)CN1CCO[C@H](CCCCCNC)C1.[HH]. The van der Waals surface area contributed by atoms with Gasteiger partial charge in [0, 0.05) is 21.1 Å². The molecule has 0 amide bonds. The number of hydrogen-bond donors (Lipinski definition) is 1. The highest BCUT2D eigenvalue weighted by molar-refractivity contribution is 4.73. The molecule has 1 N–H and O–H groups in total. The molecule has 0 spiro atoms. The first-order chi connectivity index (χ1) is 8.76. The Bertz CT molecular complexity index is 205. The van der Waals surface area contributed by atoms with Gasteiger partial charge in [0.25, 0.3) is 0 Å². The maximum atomic E-state index is 5.87. The molecule has 0 aromatic heterocycles. The quantitative estimate of drug-likeness (QED) is 0.644. The van der Waals surface area contributed by atoms with E-state index in [1.54, 1.807) is 0 Å². The molecule has 1 aliphatic rings. The summed E-state index contributed by atoms with van der Waals surface area (Å²) in [7, 11) is 2.02. The van der Waals surface area contributed by atoms with Crippen molar-refractivity contribution in [2.45, 2.75) is 52.1 Å². The molecule has 3 heteroatoms. The Morgan fingerprint density at radius 2 is 2.22 bits per heavy atom. The molecule has 1 aliphatic heterocycles. The number of nitrogens with one attached hydrogen (secondary N) is 1. The average Bonchev–Trinajstić information content (AvgIpc) is 2.39. The molecule has 1 rings (SSSR count). The van der Waals surface area contributed by atoms with Crippen LogP contribution in [0.3, 0.4) is 0 Å². The van der Waals surface area contributed by atoms with E-state index in [2.05, 4.69) is 24.1 Å². The minimum absolute atomic E-state index is 0. The summed E-state index contributed by atoms with van der Waals surface area (Å²) in [4.78, 5) is 2.59. The molecule has 0 aliphatic carbocycles. The van der Waals surface area contributed by atoms with Crippen LogP contribution < -0.4 is 5.32 Å². The molecule has 1 unspecified atom stereocenters. The second kappa shape index (κ2) is 9.76. The molecular weight excluding hydrogens is 224 g/mol. The number of morpholine rings is 1. The van der Waals surface area contributed by atoms with Crippen LogP contribution in [0, 0.1) is 5.92 Å². The molecule has 0 aromatic carbocycles. The first kappa shape index (κ1) is 15.9. The summed E-state index contributed by atoms with van der Waals surface area (Å²) in [5.74, 6) is 0.819. The molecule has 3 nitrogen and oxygen atoms in total. The Labute approximate surface area is 115 Å². The number of hydrogen-bond acceptors (Lipinski definition) is 3. The number of ether oxygens (including phenoxy) is 1. The molecule has 1 heterocycles. The third kappa shape index (κ3) is 6.72. The zero-order valence-electron chi connectivity index (χ0n) is 12.6. The molecule has 0 bridgehead atoms. The van der Waals surface area contributed by atoms with Crippen molar-refractivity contribution >= 4 is 0 Å². The lowest BCUT2D eigenvalue weighted by Crippen LogP contribution is -2.44. The van der Waals surface area contributed by atoms with Crippen molar-refractivity contribution in [1.82, 2.24) is 10.2 Å². The van der Waals surface area contributed by atoms with Gasteiger partial charge in [0.2, 0.25) is 0 Å². The highest BCUT2D eigenvalue weighted by Crippen LogP contribution is 2.14. The van der Waals surface area contributed by atoms with Crippen LogP contribution in [-0.4, -0.2) is 50.8 Å². The number of rotatable bonds is 9.